The number of amides is 1. The average Bonchev–Trinajstić information content (AvgIpc) is 2.75. The van der Waals surface area contributed by atoms with Crippen molar-refractivity contribution < 1.29 is 19.4 Å². The average molecular weight is 418 g/mol. The summed E-state index contributed by atoms with van der Waals surface area (Å²) in [6.45, 7) is 3.78. The molecule has 0 bridgehead atoms. The molecule has 1 aliphatic carbocycles. The Balaban J connectivity index is 1.81. The van der Waals surface area contributed by atoms with Crippen molar-refractivity contribution in [3.63, 3.8) is 0 Å². The number of carbonyl (C=O) groups is 2. The molecule has 0 fully saturated rings. The van der Waals surface area contributed by atoms with Crippen molar-refractivity contribution in [1.29, 1.82) is 0 Å². The number of phenols is 1. The van der Waals surface area contributed by atoms with Crippen LogP contribution >= 0.6 is 0 Å². The van der Waals surface area contributed by atoms with E-state index in [1.54, 1.807) is 18.2 Å². The van der Waals surface area contributed by atoms with Crippen LogP contribution in [0.5, 0.6) is 11.5 Å². The predicted octanol–water partition coefficient (Wildman–Crippen LogP) is 4.53. The van der Waals surface area contributed by atoms with Gasteiger partial charge in [0.05, 0.1) is 13.0 Å². The minimum atomic E-state index is -0.644. The second-order valence-corrected chi connectivity index (χ2v) is 8.08. The number of nitrogens with one attached hydrogen (secondary N) is 1. The van der Waals surface area contributed by atoms with Crippen LogP contribution in [0.2, 0.25) is 0 Å². The van der Waals surface area contributed by atoms with Gasteiger partial charge in [-0.25, -0.2) is 0 Å². The molecule has 2 aliphatic rings. The molecular weight excluding hydrogens is 392 g/mol. The van der Waals surface area contributed by atoms with Crippen molar-refractivity contribution in [2.24, 2.45) is 10.9 Å². The summed E-state index contributed by atoms with van der Waals surface area (Å²) >= 11 is 0. The highest BCUT2D eigenvalue weighted by atomic mass is 16.5. The number of allylic oxidation sites excluding steroid dienone is 2. The molecule has 0 spiro atoms. The number of aromatic hydroxyl groups is 1. The Labute approximate surface area is 181 Å². The van der Waals surface area contributed by atoms with E-state index in [1.165, 1.54) is 7.11 Å². The molecule has 0 saturated carbocycles. The molecular formula is C25H26N2O4. The van der Waals surface area contributed by atoms with Crippen LogP contribution in [0.3, 0.4) is 0 Å². The zero-order valence-electron chi connectivity index (χ0n) is 17.9. The third-order valence-electron chi connectivity index (χ3n) is 6.08. The van der Waals surface area contributed by atoms with Crippen molar-refractivity contribution in [3.8, 4) is 11.5 Å². The fraction of sp³-hybridized carbons (Fsp3) is 0.320. The number of methoxy groups -OCH3 is 1. The van der Waals surface area contributed by atoms with E-state index in [-0.39, 0.29) is 17.4 Å². The Morgan fingerprint density at radius 1 is 1.16 bits per heavy atom. The number of rotatable bonds is 4. The fourth-order valence-electron chi connectivity index (χ4n) is 4.52. The number of phenolic OH excluding ortho intramolecular Hbond substituents is 1. The number of hydrogen-bond acceptors (Lipinski definition) is 5. The van der Waals surface area contributed by atoms with Gasteiger partial charge in [-0.1, -0.05) is 24.3 Å². The number of hydrogen-bond donors (Lipinski definition) is 2. The molecule has 1 heterocycles. The zero-order valence-corrected chi connectivity index (χ0v) is 17.9. The summed E-state index contributed by atoms with van der Waals surface area (Å²) in [4.78, 5) is 31.2. The Morgan fingerprint density at radius 2 is 1.94 bits per heavy atom. The summed E-state index contributed by atoms with van der Waals surface area (Å²) in [5.74, 6) is -0.993. The SMILES string of the molecule is COc1cc([C@H]2C3=C(CCCC3=O)N=C(C)C2C(=O)Nc2ccccc2C)ccc1O. The number of aliphatic imine (C=N–C) groups is 1. The number of aryl methyl sites for hydroxylation is 1. The maximum Gasteiger partial charge on any atom is 0.234 e. The van der Waals surface area contributed by atoms with E-state index >= 15 is 0 Å². The lowest BCUT2D eigenvalue weighted by molar-refractivity contribution is -0.119. The van der Waals surface area contributed by atoms with Crippen LogP contribution in [0.25, 0.3) is 0 Å². The minimum Gasteiger partial charge on any atom is -0.504 e. The van der Waals surface area contributed by atoms with Crippen molar-refractivity contribution >= 4 is 23.1 Å². The van der Waals surface area contributed by atoms with Crippen LogP contribution in [-0.4, -0.2) is 29.6 Å². The molecule has 1 amide bonds. The highest BCUT2D eigenvalue weighted by Crippen LogP contribution is 2.45. The molecule has 6 heteroatoms. The lowest BCUT2D eigenvalue weighted by Gasteiger charge is -2.35. The van der Waals surface area contributed by atoms with Gasteiger partial charge in [0.1, 0.15) is 0 Å². The molecule has 0 aromatic heterocycles. The normalized spacial score (nSPS) is 20.7. The maximum absolute atomic E-state index is 13.5. The topological polar surface area (TPSA) is 88.0 Å². The van der Waals surface area contributed by atoms with Gasteiger partial charge in [-0.05, 0) is 56.0 Å². The van der Waals surface area contributed by atoms with Gasteiger partial charge in [0, 0.05) is 35.0 Å². The van der Waals surface area contributed by atoms with Crippen molar-refractivity contribution in [3.05, 3.63) is 64.9 Å². The van der Waals surface area contributed by atoms with Crippen LogP contribution in [0, 0.1) is 12.8 Å². The molecule has 2 N–H and O–H groups in total. The molecule has 2 atom stereocenters. The first-order valence-electron chi connectivity index (χ1n) is 10.5. The van der Waals surface area contributed by atoms with Gasteiger partial charge >= 0.3 is 0 Å². The van der Waals surface area contributed by atoms with E-state index in [0.717, 1.165) is 35.4 Å². The van der Waals surface area contributed by atoms with Crippen molar-refractivity contribution in [2.75, 3.05) is 12.4 Å². The van der Waals surface area contributed by atoms with Crippen LogP contribution in [-0.2, 0) is 9.59 Å². The number of Topliss-reactive ketones (excluding diaryl/α,β-unsaturated/α-hetero) is 1. The summed E-state index contributed by atoms with van der Waals surface area (Å²) in [6, 6.07) is 12.6. The molecule has 0 radical (unpaired) electrons. The van der Waals surface area contributed by atoms with E-state index in [0.29, 0.717) is 23.5 Å². The molecule has 1 aliphatic heterocycles. The number of anilines is 1. The summed E-state index contributed by atoms with van der Waals surface area (Å²) in [5, 5.41) is 13.1. The molecule has 4 rings (SSSR count). The van der Waals surface area contributed by atoms with Gasteiger partial charge in [0.2, 0.25) is 5.91 Å². The Bertz CT molecular complexity index is 1120. The van der Waals surface area contributed by atoms with Crippen molar-refractivity contribution in [1.82, 2.24) is 0 Å². The van der Waals surface area contributed by atoms with Crippen LogP contribution in [0.1, 0.15) is 43.2 Å². The van der Waals surface area contributed by atoms with E-state index in [1.807, 2.05) is 38.1 Å². The highest BCUT2D eigenvalue weighted by Gasteiger charge is 2.42. The Morgan fingerprint density at radius 3 is 2.68 bits per heavy atom. The van der Waals surface area contributed by atoms with Crippen molar-refractivity contribution in [2.45, 2.75) is 39.0 Å². The molecule has 1 unspecified atom stereocenters. The Kier molecular flexibility index (Phi) is 5.63. The zero-order chi connectivity index (χ0) is 22.1. The van der Waals surface area contributed by atoms with E-state index < -0.39 is 11.8 Å². The lowest BCUT2D eigenvalue weighted by atomic mass is 9.71. The standard InChI is InChI=1S/C25H26N2O4/c1-14-7-4-5-8-17(14)27-25(30)22-15(2)26-18-9-6-10-20(29)24(18)23(22)16-11-12-19(28)21(13-16)31-3/h4-5,7-8,11-13,22-23,28H,6,9-10H2,1-3H3,(H,27,30)/t22?,23-/m1/s1. The summed E-state index contributed by atoms with van der Waals surface area (Å²) < 4.78 is 5.29. The van der Waals surface area contributed by atoms with Crippen LogP contribution in [0.15, 0.2) is 58.7 Å². The van der Waals surface area contributed by atoms with E-state index in [9.17, 15) is 14.7 Å². The lowest BCUT2D eigenvalue weighted by Crippen LogP contribution is -2.39. The number of ketones is 1. The number of carbonyl (C=O) groups excluding carboxylic acids is 2. The first-order valence-corrected chi connectivity index (χ1v) is 10.5. The Hall–Kier alpha value is -3.41. The molecule has 160 valence electrons. The first kappa shape index (κ1) is 20.8. The van der Waals surface area contributed by atoms with Crippen LogP contribution < -0.4 is 10.1 Å². The summed E-state index contributed by atoms with van der Waals surface area (Å²) in [5.41, 5.74) is 4.49. The van der Waals surface area contributed by atoms with Gasteiger partial charge in [-0.3, -0.25) is 14.6 Å². The fourth-order valence-corrected chi connectivity index (χ4v) is 4.52. The van der Waals surface area contributed by atoms with Gasteiger partial charge in [0.25, 0.3) is 0 Å². The van der Waals surface area contributed by atoms with E-state index in [2.05, 4.69) is 5.32 Å². The number of nitrogens with zero attached hydrogens (tertiary/aromatic N) is 1. The highest BCUT2D eigenvalue weighted by molar-refractivity contribution is 6.13. The predicted molar refractivity (Wildman–Crippen MR) is 120 cm³/mol. The largest absolute Gasteiger partial charge is 0.504 e. The number of benzene rings is 2. The third-order valence-corrected chi connectivity index (χ3v) is 6.08. The van der Waals surface area contributed by atoms with Gasteiger partial charge in [0.15, 0.2) is 17.3 Å². The van der Waals surface area contributed by atoms with Gasteiger partial charge < -0.3 is 15.2 Å². The van der Waals surface area contributed by atoms with Crippen LogP contribution in [0.4, 0.5) is 5.69 Å². The smallest absolute Gasteiger partial charge is 0.234 e. The number of ether oxygens (including phenoxy) is 1. The number of para-hydroxylation sites is 1. The van der Waals surface area contributed by atoms with E-state index in [4.69, 9.17) is 9.73 Å². The molecule has 6 nitrogen and oxygen atoms in total. The second kappa shape index (κ2) is 8.38. The molecule has 0 saturated heterocycles. The molecule has 31 heavy (non-hydrogen) atoms. The minimum absolute atomic E-state index is 0.0116. The third kappa shape index (κ3) is 3.85. The summed E-state index contributed by atoms with van der Waals surface area (Å²) in [7, 11) is 1.48. The monoisotopic (exact) mass is 418 g/mol. The van der Waals surface area contributed by atoms with Gasteiger partial charge in [-0.2, -0.15) is 0 Å². The maximum atomic E-state index is 13.5. The second-order valence-electron chi connectivity index (χ2n) is 8.08. The van der Waals surface area contributed by atoms with Gasteiger partial charge in [-0.15, -0.1) is 0 Å². The quantitative estimate of drug-likeness (QED) is 0.764. The molecule has 2 aromatic rings. The molecule has 2 aromatic carbocycles. The first-order chi connectivity index (χ1) is 14.9. The summed E-state index contributed by atoms with van der Waals surface area (Å²) in [6.07, 6.45) is 1.93.